The number of aliphatic carboxylic acids is 1. The number of nitro groups is 1. The third-order valence-corrected chi connectivity index (χ3v) is 2.91. The van der Waals surface area contributed by atoms with Crippen LogP contribution < -0.4 is 11.1 Å². The van der Waals surface area contributed by atoms with Crippen molar-refractivity contribution in [2.45, 2.75) is 25.3 Å². The summed E-state index contributed by atoms with van der Waals surface area (Å²) in [5.41, 5.74) is 13.5. The quantitative estimate of drug-likeness (QED) is 0.158. The van der Waals surface area contributed by atoms with Gasteiger partial charge in [-0.1, -0.05) is 11.2 Å². The predicted octanol–water partition coefficient (Wildman–Crippen LogP) is 2.53. The number of unbranched alkanes of at least 4 members (excludes halogenated alkanes) is 1. The van der Waals surface area contributed by atoms with Gasteiger partial charge in [0, 0.05) is 16.7 Å². The minimum atomic E-state index is -1.11. The molecule has 0 heterocycles. The van der Waals surface area contributed by atoms with E-state index >= 15 is 0 Å². The largest absolute Gasteiger partial charge is 0.480 e. The molecule has 22 heavy (non-hydrogen) atoms. The lowest BCUT2D eigenvalue weighted by atomic mass is 10.1. The number of nitro benzene ring substituents is 1. The summed E-state index contributed by atoms with van der Waals surface area (Å²) in [6.45, 7) is 0.452. The fourth-order valence-corrected chi connectivity index (χ4v) is 1.84. The van der Waals surface area contributed by atoms with Crippen molar-refractivity contribution in [2.75, 3.05) is 11.9 Å². The van der Waals surface area contributed by atoms with Gasteiger partial charge in [0.05, 0.1) is 4.92 Å². The van der Waals surface area contributed by atoms with Crippen LogP contribution in [0.1, 0.15) is 19.3 Å². The number of benzene rings is 1. The third-order valence-electron chi connectivity index (χ3n) is 2.91. The number of carboxylic acids is 1. The summed E-state index contributed by atoms with van der Waals surface area (Å²) in [5, 5.41) is 26.2. The summed E-state index contributed by atoms with van der Waals surface area (Å²) >= 11 is 0. The number of carboxylic acid groups (broad SMARTS) is 1. The smallest absolute Gasteiger partial charge is 0.326 e. The fraction of sp³-hybridized carbons (Fsp3) is 0.417. The number of nitrogens with two attached hydrogens (primary N) is 1. The normalized spacial score (nSPS) is 11.3. The molecule has 118 valence electrons. The number of nitrogens with one attached hydrogen (secondary N) is 1. The Labute approximate surface area is 125 Å². The molecule has 4 N–H and O–H groups in total. The van der Waals surface area contributed by atoms with Crippen molar-refractivity contribution in [3.8, 4) is 0 Å². The van der Waals surface area contributed by atoms with Crippen molar-refractivity contribution in [3.63, 3.8) is 0 Å². The molecule has 0 spiro atoms. The molecule has 0 bridgehead atoms. The topological polar surface area (TPSA) is 167 Å². The van der Waals surface area contributed by atoms with Crippen molar-refractivity contribution in [1.29, 1.82) is 0 Å². The molecule has 0 saturated heterocycles. The van der Waals surface area contributed by atoms with Crippen LogP contribution in [0.5, 0.6) is 0 Å². The first-order valence-corrected chi connectivity index (χ1v) is 6.52. The summed E-state index contributed by atoms with van der Waals surface area (Å²) in [6, 6.07) is 2.81. The number of nitrogens with zero attached hydrogens (tertiary/aromatic N) is 4. The highest BCUT2D eigenvalue weighted by Gasteiger charge is 2.22. The van der Waals surface area contributed by atoms with E-state index in [1.165, 1.54) is 12.1 Å². The van der Waals surface area contributed by atoms with E-state index in [2.05, 4.69) is 15.3 Å². The lowest BCUT2D eigenvalue weighted by Crippen LogP contribution is -2.29. The molecule has 0 aliphatic carbocycles. The highest BCUT2D eigenvalue weighted by Crippen LogP contribution is 2.30. The van der Waals surface area contributed by atoms with Gasteiger partial charge in [0.25, 0.3) is 5.69 Å². The lowest BCUT2D eigenvalue weighted by molar-refractivity contribution is -0.383. The van der Waals surface area contributed by atoms with Gasteiger partial charge in [-0.3, -0.25) is 10.1 Å². The van der Waals surface area contributed by atoms with Gasteiger partial charge in [-0.05, 0) is 37.4 Å². The Morgan fingerprint density at radius 3 is 2.82 bits per heavy atom. The molecule has 0 radical (unpaired) electrons. The molecule has 1 rings (SSSR count). The standard InChI is InChI=1S/C12H16N6O4/c13-6-2-1-3-10(12(19)20)15-9-5-4-8(16-17-14)7-11(9)18(21)22/h4-5,7,10,15H,1-3,6,13H2,(H,19,20)/t10-/m0/s1. The molecule has 0 aliphatic rings. The van der Waals surface area contributed by atoms with Crippen LogP contribution in [-0.4, -0.2) is 28.6 Å². The molecule has 0 aliphatic heterocycles. The van der Waals surface area contributed by atoms with Crippen molar-refractivity contribution >= 4 is 23.0 Å². The molecule has 1 aromatic carbocycles. The van der Waals surface area contributed by atoms with Crippen LogP contribution in [0.4, 0.5) is 17.1 Å². The van der Waals surface area contributed by atoms with Gasteiger partial charge in [0.2, 0.25) is 0 Å². The molecule has 0 fully saturated rings. The molecule has 0 aromatic heterocycles. The van der Waals surface area contributed by atoms with Crippen molar-refractivity contribution in [1.82, 2.24) is 0 Å². The zero-order chi connectivity index (χ0) is 16.5. The van der Waals surface area contributed by atoms with E-state index in [-0.39, 0.29) is 17.1 Å². The summed E-state index contributed by atoms with van der Waals surface area (Å²) in [7, 11) is 0. The van der Waals surface area contributed by atoms with Crippen molar-refractivity contribution in [2.24, 2.45) is 10.8 Å². The van der Waals surface area contributed by atoms with Gasteiger partial charge in [-0.2, -0.15) is 0 Å². The predicted molar refractivity (Wildman–Crippen MR) is 79.9 cm³/mol. The van der Waals surface area contributed by atoms with E-state index in [1.54, 1.807) is 0 Å². The van der Waals surface area contributed by atoms with Crippen molar-refractivity contribution in [3.05, 3.63) is 38.8 Å². The number of anilines is 1. The molecule has 0 saturated carbocycles. The van der Waals surface area contributed by atoms with Crippen LogP contribution in [0.2, 0.25) is 0 Å². The van der Waals surface area contributed by atoms with Crippen LogP contribution in [0.3, 0.4) is 0 Å². The van der Waals surface area contributed by atoms with E-state index in [0.29, 0.717) is 25.8 Å². The minimum absolute atomic E-state index is 0.0574. The third kappa shape index (κ3) is 4.93. The monoisotopic (exact) mass is 308 g/mol. The SMILES string of the molecule is [N-]=[N+]=Nc1ccc(N[C@@H](CCCCN)C(=O)O)c([N+](=O)[O-])c1. The van der Waals surface area contributed by atoms with E-state index in [4.69, 9.17) is 11.3 Å². The van der Waals surface area contributed by atoms with Gasteiger partial charge in [-0.15, -0.1) is 0 Å². The number of azide groups is 1. The molecule has 10 nitrogen and oxygen atoms in total. The van der Waals surface area contributed by atoms with Crippen LogP contribution in [0, 0.1) is 10.1 Å². The Kier molecular flexibility index (Phi) is 6.61. The number of rotatable bonds is 9. The van der Waals surface area contributed by atoms with Gasteiger partial charge < -0.3 is 16.2 Å². The second kappa shape index (κ2) is 8.45. The average molecular weight is 308 g/mol. The first-order chi connectivity index (χ1) is 10.5. The second-order valence-corrected chi connectivity index (χ2v) is 4.47. The van der Waals surface area contributed by atoms with Crippen molar-refractivity contribution < 1.29 is 14.8 Å². The molecule has 0 amide bonds. The van der Waals surface area contributed by atoms with Crippen LogP contribution in [-0.2, 0) is 4.79 Å². The van der Waals surface area contributed by atoms with Gasteiger partial charge in [0.1, 0.15) is 11.7 Å². The zero-order valence-electron chi connectivity index (χ0n) is 11.7. The van der Waals surface area contributed by atoms with Crippen LogP contribution in [0.25, 0.3) is 10.4 Å². The number of hydrogen-bond acceptors (Lipinski definition) is 6. The lowest BCUT2D eigenvalue weighted by Gasteiger charge is -2.15. The molecular formula is C12H16N6O4. The highest BCUT2D eigenvalue weighted by atomic mass is 16.6. The first kappa shape index (κ1) is 17.2. The summed E-state index contributed by atoms with van der Waals surface area (Å²) < 4.78 is 0. The maximum atomic E-state index is 11.2. The van der Waals surface area contributed by atoms with E-state index in [0.717, 1.165) is 6.07 Å². The summed E-state index contributed by atoms with van der Waals surface area (Å²) in [5.74, 6) is -1.11. The Morgan fingerprint density at radius 2 is 2.27 bits per heavy atom. The number of carbonyl (C=O) groups is 1. The fourth-order valence-electron chi connectivity index (χ4n) is 1.84. The Morgan fingerprint density at radius 1 is 1.55 bits per heavy atom. The summed E-state index contributed by atoms with van der Waals surface area (Å²) in [6.07, 6.45) is 1.55. The molecule has 1 aromatic rings. The van der Waals surface area contributed by atoms with Gasteiger partial charge in [-0.25, -0.2) is 4.79 Å². The molecule has 1 atom stereocenters. The number of hydrogen-bond donors (Lipinski definition) is 3. The first-order valence-electron chi connectivity index (χ1n) is 6.52. The highest BCUT2D eigenvalue weighted by molar-refractivity contribution is 5.79. The molecule has 0 unspecified atom stereocenters. The maximum absolute atomic E-state index is 11.2. The second-order valence-electron chi connectivity index (χ2n) is 4.47. The minimum Gasteiger partial charge on any atom is -0.480 e. The maximum Gasteiger partial charge on any atom is 0.326 e. The van der Waals surface area contributed by atoms with Gasteiger partial charge in [0.15, 0.2) is 0 Å². The van der Waals surface area contributed by atoms with E-state index < -0.39 is 16.9 Å². The van der Waals surface area contributed by atoms with Crippen LogP contribution in [0.15, 0.2) is 23.3 Å². The van der Waals surface area contributed by atoms with Gasteiger partial charge >= 0.3 is 5.97 Å². The Balaban J connectivity index is 3.00. The van der Waals surface area contributed by atoms with Crippen LogP contribution >= 0.6 is 0 Å². The molecule has 10 heteroatoms. The Hall–Kier alpha value is -2.84. The summed E-state index contributed by atoms with van der Waals surface area (Å²) in [4.78, 5) is 24.2. The zero-order valence-corrected chi connectivity index (χ0v) is 11.7. The van der Waals surface area contributed by atoms with E-state index in [1.807, 2.05) is 0 Å². The average Bonchev–Trinajstić information content (AvgIpc) is 2.47. The van der Waals surface area contributed by atoms with E-state index in [9.17, 15) is 20.0 Å². The Bertz CT molecular complexity index is 599. The molecular weight excluding hydrogens is 292 g/mol.